The van der Waals surface area contributed by atoms with Crippen LogP contribution in [0.15, 0.2) is 29.2 Å². The van der Waals surface area contributed by atoms with Gasteiger partial charge in [0.15, 0.2) is 0 Å². The molecule has 0 spiro atoms. The molecule has 0 heterocycles. The van der Waals surface area contributed by atoms with E-state index in [0.29, 0.717) is 11.5 Å². The summed E-state index contributed by atoms with van der Waals surface area (Å²) in [7, 11) is 0. The Morgan fingerprint density at radius 2 is 1.94 bits per heavy atom. The Bertz CT molecular complexity index is 363. The molecule has 1 N–H and O–H groups in total. The summed E-state index contributed by atoms with van der Waals surface area (Å²) in [6.45, 7) is 3.65. The maximum Gasteiger partial charge on any atom is 0.336 e. The predicted molar refractivity (Wildman–Crippen MR) is 63.0 cm³/mol. The van der Waals surface area contributed by atoms with Crippen LogP contribution in [0.5, 0.6) is 0 Å². The van der Waals surface area contributed by atoms with Crippen LogP contribution in [-0.2, 0) is 9.53 Å². The van der Waals surface area contributed by atoms with E-state index in [1.54, 1.807) is 25.1 Å². The molecule has 0 radical (unpaired) electrons. The molecule has 16 heavy (non-hydrogen) atoms. The van der Waals surface area contributed by atoms with E-state index in [0.717, 1.165) is 0 Å². The summed E-state index contributed by atoms with van der Waals surface area (Å²) < 4.78 is 4.40. The van der Waals surface area contributed by atoms with Crippen molar-refractivity contribution in [2.24, 2.45) is 0 Å². The molecule has 0 fully saturated rings. The molecular formula is C11H14O4S. The third-order valence-electron chi connectivity index (χ3n) is 1.48. The van der Waals surface area contributed by atoms with Crippen LogP contribution >= 0.6 is 12.6 Å². The zero-order chi connectivity index (χ0) is 12.6. The Kier molecular flexibility index (Phi) is 7.03. The maximum absolute atomic E-state index is 10.4. The Labute approximate surface area is 99.6 Å². The molecule has 0 aromatic heterocycles. The number of esters is 1. The number of benzene rings is 1. The quantitative estimate of drug-likeness (QED) is 0.616. The number of carboxylic acid groups (broad SMARTS) is 1. The molecule has 0 aliphatic heterocycles. The first-order chi connectivity index (χ1) is 7.49. The van der Waals surface area contributed by atoms with Crippen LogP contribution < -0.4 is 0 Å². The lowest BCUT2D eigenvalue weighted by Crippen LogP contribution is -1.96. The van der Waals surface area contributed by atoms with Crippen LogP contribution in [-0.4, -0.2) is 23.7 Å². The highest BCUT2D eigenvalue weighted by Gasteiger charge is 2.03. The van der Waals surface area contributed by atoms with Gasteiger partial charge in [0.1, 0.15) is 0 Å². The molecule has 0 saturated heterocycles. The van der Waals surface area contributed by atoms with Crippen molar-refractivity contribution in [3.63, 3.8) is 0 Å². The lowest BCUT2D eigenvalue weighted by Gasteiger charge is -1.95. The van der Waals surface area contributed by atoms with Gasteiger partial charge in [-0.15, -0.1) is 12.6 Å². The highest BCUT2D eigenvalue weighted by molar-refractivity contribution is 7.80. The van der Waals surface area contributed by atoms with Gasteiger partial charge in [-0.2, -0.15) is 0 Å². The summed E-state index contributed by atoms with van der Waals surface area (Å²) in [4.78, 5) is 20.7. The normalized spacial score (nSPS) is 8.69. The number of hydrogen-bond acceptors (Lipinski definition) is 4. The van der Waals surface area contributed by atoms with Gasteiger partial charge in [0, 0.05) is 11.8 Å². The molecule has 88 valence electrons. The maximum atomic E-state index is 10.4. The third-order valence-corrected chi connectivity index (χ3v) is 1.87. The SMILES string of the molecule is CCOC(C)=O.O=C(O)c1ccccc1S. The zero-order valence-electron chi connectivity index (χ0n) is 9.14. The molecule has 4 nitrogen and oxygen atoms in total. The second kappa shape index (κ2) is 7.76. The van der Waals surface area contributed by atoms with E-state index in [-0.39, 0.29) is 11.5 Å². The van der Waals surface area contributed by atoms with Gasteiger partial charge >= 0.3 is 11.9 Å². The highest BCUT2D eigenvalue weighted by Crippen LogP contribution is 2.11. The van der Waals surface area contributed by atoms with E-state index < -0.39 is 5.97 Å². The van der Waals surface area contributed by atoms with Crippen molar-refractivity contribution < 1.29 is 19.4 Å². The summed E-state index contributed by atoms with van der Waals surface area (Å²) in [6.07, 6.45) is 0. The first-order valence-electron chi connectivity index (χ1n) is 4.63. The first-order valence-corrected chi connectivity index (χ1v) is 5.08. The number of aromatic carboxylic acids is 1. The Morgan fingerprint density at radius 1 is 1.38 bits per heavy atom. The lowest BCUT2D eigenvalue weighted by molar-refractivity contribution is -0.140. The van der Waals surface area contributed by atoms with Gasteiger partial charge in [-0.1, -0.05) is 12.1 Å². The van der Waals surface area contributed by atoms with E-state index in [1.165, 1.54) is 13.0 Å². The smallest absolute Gasteiger partial charge is 0.336 e. The second-order valence-electron chi connectivity index (χ2n) is 2.75. The number of thiol groups is 1. The van der Waals surface area contributed by atoms with Crippen molar-refractivity contribution in [3.05, 3.63) is 29.8 Å². The third kappa shape index (κ3) is 6.08. The molecule has 1 aromatic rings. The Balaban J connectivity index is 0.000000325. The number of ether oxygens (including phenoxy) is 1. The number of carbonyl (C=O) groups is 2. The standard InChI is InChI=1S/C7H6O2S.C4H8O2/c8-7(9)5-3-1-2-4-6(5)10;1-3-6-4(2)5/h1-4,10H,(H,8,9);3H2,1-2H3. The van der Waals surface area contributed by atoms with E-state index >= 15 is 0 Å². The zero-order valence-corrected chi connectivity index (χ0v) is 10.0. The van der Waals surface area contributed by atoms with Gasteiger partial charge in [0.2, 0.25) is 0 Å². The monoisotopic (exact) mass is 242 g/mol. The molecule has 0 bridgehead atoms. The molecule has 1 aromatic carbocycles. The molecule has 0 amide bonds. The van der Waals surface area contributed by atoms with Crippen molar-refractivity contribution in [1.29, 1.82) is 0 Å². The minimum absolute atomic E-state index is 0.211. The molecule has 0 aliphatic rings. The van der Waals surface area contributed by atoms with Crippen LogP contribution in [0.1, 0.15) is 24.2 Å². The summed E-state index contributed by atoms with van der Waals surface area (Å²) in [5.74, 6) is -1.15. The first kappa shape index (κ1) is 14.5. The fraction of sp³-hybridized carbons (Fsp3) is 0.273. The van der Waals surface area contributed by atoms with Crippen molar-refractivity contribution >= 4 is 24.6 Å². The average molecular weight is 242 g/mol. The Morgan fingerprint density at radius 3 is 2.19 bits per heavy atom. The molecule has 5 heteroatoms. The molecule has 0 saturated carbocycles. The number of carboxylic acids is 1. The van der Waals surface area contributed by atoms with Gasteiger partial charge in [-0.05, 0) is 19.1 Å². The highest BCUT2D eigenvalue weighted by atomic mass is 32.1. The predicted octanol–water partition coefficient (Wildman–Crippen LogP) is 2.24. The van der Waals surface area contributed by atoms with Gasteiger partial charge in [-0.3, -0.25) is 4.79 Å². The number of rotatable bonds is 2. The van der Waals surface area contributed by atoms with E-state index in [9.17, 15) is 9.59 Å². The minimum atomic E-state index is -0.939. The fourth-order valence-corrected chi connectivity index (χ4v) is 1.11. The minimum Gasteiger partial charge on any atom is -0.478 e. The van der Waals surface area contributed by atoms with Crippen molar-refractivity contribution in [3.8, 4) is 0 Å². The van der Waals surface area contributed by atoms with Crippen molar-refractivity contribution in [1.82, 2.24) is 0 Å². The van der Waals surface area contributed by atoms with E-state index in [1.807, 2.05) is 0 Å². The fourth-order valence-electron chi connectivity index (χ4n) is 0.858. The van der Waals surface area contributed by atoms with Gasteiger partial charge in [-0.25, -0.2) is 4.79 Å². The van der Waals surface area contributed by atoms with Gasteiger partial charge in [0.05, 0.1) is 12.2 Å². The molecular weight excluding hydrogens is 228 g/mol. The summed E-state index contributed by atoms with van der Waals surface area (Å²) in [5, 5.41) is 8.52. The van der Waals surface area contributed by atoms with Crippen LogP contribution in [0.4, 0.5) is 0 Å². The van der Waals surface area contributed by atoms with Crippen molar-refractivity contribution in [2.45, 2.75) is 18.7 Å². The molecule has 0 unspecified atom stereocenters. The van der Waals surface area contributed by atoms with Crippen LogP contribution in [0.3, 0.4) is 0 Å². The van der Waals surface area contributed by atoms with E-state index in [4.69, 9.17) is 5.11 Å². The van der Waals surface area contributed by atoms with Crippen LogP contribution in [0.2, 0.25) is 0 Å². The molecule has 0 aliphatic carbocycles. The lowest BCUT2D eigenvalue weighted by atomic mass is 10.2. The van der Waals surface area contributed by atoms with E-state index in [2.05, 4.69) is 17.4 Å². The summed E-state index contributed by atoms with van der Waals surface area (Å²) in [5.41, 5.74) is 0.242. The van der Waals surface area contributed by atoms with Crippen LogP contribution in [0.25, 0.3) is 0 Å². The average Bonchev–Trinajstić information content (AvgIpc) is 2.18. The van der Waals surface area contributed by atoms with Gasteiger partial charge < -0.3 is 9.84 Å². The number of hydrogen-bond donors (Lipinski definition) is 2. The topological polar surface area (TPSA) is 63.6 Å². The molecule has 0 atom stereocenters. The summed E-state index contributed by atoms with van der Waals surface area (Å²) in [6, 6.07) is 6.58. The second-order valence-corrected chi connectivity index (χ2v) is 3.23. The Hall–Kier alpha value is -1.49. The van der Waals surface area contributed by atoms with Crippen molar-refractivity contribution in [2.75, 3.05) is 6.61 Å². The summed E-state index contributed by atoms with van der Waals surface area (Å²) >= 11 is 3.96. The molecule has 1 rings (SSSR count). The number of carbonyl (C=O) groups excluding carboxylic acids is 1. The van der Waals surface area contributed by atoms with Crippen LogP contribution in [0, 0.1) is 0 Å². The van der Waals surface area contributed by atoms with Gasteiger partial charge in [0.25, 0.3) is 0 Å². The largest absolute Gasteiger partial charge is 0.478 e.